The van der Waals surface area contributed by atoms with E-state index in [0.717, 1.165) is 32.1 Å². The Hall–Kier alpha value is -3.23. The Kier molecular flexibility index (Phi) is 5.65. The van der Waals surface area contributed by atoms with Gasteiger partial charge in [0.25, 0.3) is 11.1 Å². The van der Waals surface area contributed by atoms with Crippen LogP contribution >= 0.6 is 23.1 Å². The molecule has 5 aromatic rings. The molecule has 0 atom stereocenters. The third-order valence-electron chi connectivity index (χ3n) is 6.40. The number of hydrogen-bond donors (Lipinski definition) is 0. The Balaban J connectivity index is 1.69. The standard InChI is InChI=1S/C26H24N4O2S2/c1-14-9-8-12-20(15(14)2)30-25(32)22-16(3)17(4)34-23(22)28-26(30)33-13-21-27-19-11-7-6-10-18(19)24(31)29(21)5/h6-12H,13H2,1-5H3. The van der Waals surface area contributed by atoms with Crippen LogP contribution in [0, 0.1) is 27.7 Å². The Morgan fingerprint density at radius 3 is 2.47 bits per heavy atom. The second-order valence-electron chi connectivity index (χ2n) is 8.42. The first-order valence-corrected chi connectivity index (χ1v) is 12.7. The zero-order valence-corrected chi connectivity index (χ0v) is 21.3. The molecule has 0 fully saturated rings. The van der Waals surface area contributed by atoms with Crippen molar-refractivity contribution < 1.29 is 0 Å². The Labute approximate surface area is 204 Å². The van der Waals surface area contributed by atoms with Gasteiger partial charge in [-0.1, -0.05) is 36.0 Å². The largest absolute Gasteiger partial charge is 0.299 e. The van der Waals surface area contributed by atoms with Crippen LogP contribution in [-0.2, 0) is 12.8 Å². The summed E-state index contributed by atoms with van der Waals surface area (Å²) >= 11 is 2.96. The summed E-state index contributed by atoms with van der Waals surface area (Å²) in [4.78, 5) is 38.1. The fourth-order valence-corrected chi connectivity index (χ4v) is 6.14. The summed E-state index contributed by atoms with van der Waals surface area (Å²) in [5, 5.41) is 1.86. The number of fused-ring (bicyclic) bond motifs is 2. The molecule has 0 saturated heterocycles. The fourth-order valence-electron chi connectivity index (χ4n) is 4.08. The molecule has 0 saturated carbocycles. The lowest BCUT2D eigenvalue weighted by Gasteiger charge is -2.16. The lowest BCUT2D eigenvalue weighted by Crippen LogP contribution is -2.24. The van der Waals surface area contributed by atoms with Crippen molar-refractivity contribution in [3.63, 3.8) is 0 Å². The second kappa shape index (κ2) is 8.52. The highest BCUT2D eigenvalue weighted by Crippen LogP contribution is 2.31. The van der Waals surface area contributed by atoms with Crippen LogP contribution in [0.25, 0.3) is 26.8 Å². The van der Waals surface area contributed by atoms with Gasteiger partial charge in [0, 0.05) is 11.9 Å². The van der Waals surface area contributed by atoms with E-state index < -0.39 is 0 Å². The molecular weight excluding hydrogens is 464 g/mol. The Bertz CT molecular complexity index is 1710. The number of aryl methyl sites for hydroxylation is 3. The minimum absolute atomic E-state index is 0.0663. The Morgan fingerprint density at radius 2 is 1.68 bits per heavy atom. The van der Waals surface area contributed by atoms with E-state index in [-0.39, 0.29) is 11.1 Å². The summed E-state index contributed by atoms with van der Waals surface area (Å²) < 4.78 is 3.29. The number of nitrogens with zero attached hydrogens (tertiary/aromatic N) is 4. The molecule has 0 spiro atoms. The summed E-state index contributed by atoms with van der Waals surface area (Å²) in [7, 11) is 1.73. The number of thiophene rings is 1. The topological polar surface area (TPSA) is 69.8 Å². The van der Waals surface area contributed by atoms with Crippen molar-refractivity contribution in [1.29, 1.82) is 0 Å². The van der Waals surface area contributed by atoms with Gasteiger partial charge in [-0.05, 0) is 62.6 Å². The number of thioether (sulfide) groups is 1. The van der Waals surface area contributed by atoms with Gasteiger partial charge in [0.1, 0.15) is 10.7 Å². The van der Waals surface area contributed by atoms with E-state index in [9.17, 15) is 9.59 Å². The van der Waals surface area contributed by atoms with Crippen molar-refractivity contribution in [3.8, 4) is 5.69 Å². The van der Waals surface area contributed by atoms with E-state index in [1.807, 2.05) is 64.1 Å². The van der Waals surface area contributed by atoms with Crippen LogP contribution in [-0.4, -0.2) is 19.1 Å². The van der Waals surface area contributed by atoms with Gasteiger partial charge in [-0.3, -0.25) is 18.7 Å². The molecule has 0 aliphatic carbocycles. The first-order valence-electron chi connectivity index (χ1n) is 10.9. The maximum atomic E-state index is 13.8. The van der Waals surface area contributed by atoms with Gasteiger partial charge >= 0.3 is 0 Å². The van der Waals surface area contributed by atoms with Crippen molar-refractivity contribution in [2.24, 2.45) is 7.05 Å². The number of rotatable bonds is 4. The van der Waals surface area contributed by atoms with Crippen LogP contribution in [0.3, 0.4) is 0 Å². The van der Waals surface area contributed by atoms with Crippen molar-refractivity contribution in [2.75, 3.05) is 0 Å². The van der Waals surface area contributed by atoms with E-state index in [1.165, 1.54) is 23.1 Å². The fraction of sp³-hybridized carbons (Fsp3) is 0.231. The zero-order valence-electron chi connectivity index (χ0n) is 19.7. The molecule has 0 radical (unpaired) electrons. The second-order valence-corrected chi connectivity index (χ2v) is 10.6. The molecule has 172 valence electrons. The van der Waals surface area contributed by atoms with E-state index >= 15 is 0 Å². The molecule has 3 heterocycles. The van der Waals surface area contributed by atoms with Crippen molar-refractivity contribution in [2.45, 2.75) is 38.6 Å². The molecule has 0 amide bonds. The van der Waals surface area contributed by atoms with Gasteiger partial charge in [0.2, 0.25) is 0 Å². The van der Waals surface area contributed by atoms with Gasteiger partial charge < -0.3 is 0 Å². The first kappa shape index (κ1) is 22.6. The van der Waals surface area contributed by atoms with Crippen molar-refractivity contribution >= 4 is 44.2 Å². The zero-order chi connectivity index (χ0) is 24.1. The third kappa shape index (κ3) is 3.58. The highest BCUT2D eigenvalue weighted by Gasteiger charge is 2.20. The molecule has 0 N–H and O–H groups in total. The smallest absolute Gasteiger partial charge is 0.267 e. The lowest BCUT2D eigenvalue weighted by molar-refractivity contribution is 0.778. The molecular formula is C26H24N4O2S2. The molecule has 0 unspecified atom stereocenters. The van der Waals surface area contributed by atoms with Crippen LogP contribution in [0.15, 0.2) is 57.2 Å². The summed E-state index contributed by atoms with van der Waals surface area (Å²) in [5.41, 5.74) is 4.47. The molecule has 0 aliphatic rings. The minimum atomic E-state index is -0.0824. The maximum Gasteiger partial charge on any atom is 0.267 e. The van der Waals surface area contributed by atoms with Gasteiger partial charge in [-0.25, -0.2) is 9.97 Å². The number of hydrogen-bond acceptors (Lipinski definition) is 6. The van der Waals surface area contributed by atoms with Crippen LogP contribution < -0.4 is 11.1 Å². The first-order chi connectivity index (χ1) is 16.3. The molecule has 3 aromatic heterocycles. The lowest BCUT2D eigenvalue weighted by atomic mass is 10.1. The summed E-state index contributed by atoms with van der Waals surface area (Å²) in [6.45, 7) is 8.06. The number of aromatic nitrogens is 4. The summed E-state index contributed by atoms with van der Waals surface area (Å²) in [6.07, 6.45) is 0. The highest BCUT2D eigenvalue weighted by molar-refractivity contribution is 7.98. The number of para-hydroxylation sites is 1. The Morgan fingerprint density at radius 1 is 0.912 bits per heavy atom. The van der Waals surface area contributed by atoms with Gasteiger partial charge in [-0.2, -0.15) is 0 Å². The molecule has 8 heteroatoms. The third-order valence-corrected chi connectivity index (χ3v) is 8.43. The van der Waals surface area contributed by atoms with Crippen LogP contribution in [0.2, 0.25) is 0 Å². The molecule has 5 rings (SSSR count). The normalized spacial score (nSPS) is 11.6. The summed E-state index contributed by atoms with van der Waals surface area (Å²) in [5.74, 6) is 1.04. The van der Waals surface area contributed by atoms with Crippen LogP contribution in [0.5, 0.6) is 0 Å². The van der Waals surface area contributed by atoms with Crippen LogP contribution in [0.4, 0.5) is 0 Å². The predicted octanol–water partition coefficient (Wildman–Crippen LogP) is 5.22. The molecule has 0 aliphatic heterocycles. The van der Waals surface area contributed by atoms with Crippen LogP contribution in [0.1, 0.15) is 27.4 Å². The quantitative estimate of drug-likeness (QED) is 0.256. The van der Waals surface area contributed by atoms with Gasteiger partial charge in [0.15, 0.2) is 5.16 Å². The highest BCUT2D eigenvalue weighted by atomic mass is 32.2. The van der Waals surface area contributed by atoms with E-state index in [1.54, 1.807) is 22.2 Å². The summed E-state index contributed by atoms with van der Waals surface area (Å²) in [6, 6.07) is 13.3. The minimum Gasteiger partial charge on any atom is -0.299 e. The number of benzene rings is 2. The van der Waals surface area contributed by atoms with Crippen molar-refractivity contribution in [1.82, 2.24) is 19.1 Å². The average Bonchev–Trinajstić information content (AvgIpc) is 3.11. The molecule has 6 nitrogen and oxygen atoms in total. The van der Waals surface area contributed by atoms with E-state index in [0.29, 0.717) is 33.0 Å². The molecule has 34 heavy (non-hydrogen) atoms. The van der Waals surface area contributed by atoms with Gasteiger partial charge in [-0.15, -0.1) is 11.3 Å². The maximum absolute atomic E-state index is 13.8. The SMILES string of the molecule is Cc1cccc(-n2c(SCc3nc4ccccc4c(=O)n3C)nc3sc(C)c(C)c3c2=O)c1C. The molecule has 2 aromatic carbocycles. The predicted molar refractivity (Wildman–Crippen MR) is 141 cm³/mol. The van der Waals surface area contributed by atoms with E-state index in [4.69, 9.17) is 9.97 Å². The molecule has 0 bridgehead atoms. The monoisotopic (exact) mass is 488 g/mol. The van der Waals surface area contributed by atoms with Crippen molar-refractivity contribution in [3.05, 3.63) is 90.6 Å². The average molecular weight is 489 g/mol. The van der Waals surface area contributed by atoms with Gasteiger partial charge in [0.05, 0.1) is 27.7 Å². The van der Waals surface area contributed by atoms with E-state index in [2.05, 4.69) is 0 Å².